The lowest BCUT2D eigenvalue weighted by Gasteiger charge is -2.16. The summed E-state index contributed by atoms with van der Waals surface area (Å²) in [7, 11) is -0.413. The van der Waals surface area contributed by atoms with Crippen LogP contribution in [0.5, 0.6) is 5.75 Å². The van der Waals surface area contributed by atoms with Crippen LogP contribution in [0.1, 0.15) is 12.8 Å². The van der Waals surface area contributed by atoms with Crippen LogP contribution in [0.4, 0.5) is 0 Å². The molecule has 0 saturated carbocycles. The number of rotatable bonds is 6. The zero-order valence-electron chi connectivity index (χ0n) is 12.0. The molecule has 1 aromatic rings. The van der Waals surface area contributed by atoms with Gasteiger partial charge in [0.05, 0.1) is 6.61 Å². The lowest BCUT2D eigenvalue weighted by Crippen LogP contribution is -2.23. The van der Waals surface area contributed by atoms with Gasteiger partial charge in [-0.3, -0.25) is 0 Å². The van der Waals surface area contributed by atoms with Crippen molar-refractivity contribution >= 4 is 10.0 Å². The Balaban J connectivity index is 2.04. The molecule has 0 aromatic heterocycles. The Bertz CT molecular complexity index is 537. The Labute approximate surface area is 121 Å². The molecule has 1 aliphatic heterocycles. The number of ether oxygens (including phenoxy) is 1. The molecule has 1 unspecified atom stereocenters. The maximum Gasteiger partial charge on any atom is 0.246 e. The monoisotopic (exact) mass is 298 g/mol. The van der Waals surface area contributed by atoms with Gasteiger partial charge in [-0.2, -0.15) is 0 Å². The summed E-state index contributed by atoms with van der Waals surface area (Å²) >= 11 is 0. The summed E-state index contributed by atoms with van der Waals surface area (Å²) < 4.78 is 31.3. The van der Waals surface area contributed by atoms with Gasteiger partial charge in [-0.05, 0) is 44.0 Å². The molecule has 1 aliphatic rings. The van der Waals surface area contributed by atoms with Crippen molar-refractivity contribution in [1.29, 1.82) is 0 Å². The molecule has 0 radical (unpaired) electrons. The largest absolute Gasteiger partial charge is 0.492 e. The van der Waals surface area contributed by atoms with Gasteiger partial charge in [-0.1, -0.05) is 12.1 Å². The second-order valence-corrected chi connectivity index (χ2v) is 7.35. The van der Waals surface area contributed by atoms with E-state index in [0.717, 1.165) is 19.5 Å². The van der Waals surface area contributed by atoms with Crippen LogP contribution in [0, 0.1) is 5.92 Å². The molecule has 0 bridgehead atoms. The minimum absolute atomic E-state index is 0.231. The highest BCUT2D eigenvalue weighted by Crippen LogP contribution is 2.26. The first-order valence-electron chi connectivity index (χ1n) is 6.87. The number of sulfonamides is 1. The molecule has 1 N–H and O–H groups in total. The third-order valence-electron chi connectivity index (χ3n) is 3.55. The van der Waals surface area contributed by atoms with Crippen LogP contribution in [0.2, 0.25) is 0 Å². The summed E-state index contributed by atoms with van der Waals surface area (Å²) in [5, 5.41) is 3.31. The second-order valence-electron chi connectivity index (χ2n) is 5.23. The molecular weight excluding hydrogens is 276 g/mol. The minimum Gasteiger partial charge on any atom is -0.492 e. The van der Waals surface area contributed by atoms with Gasteiger partial charge in [-0.25, -0.2) is 12.7 Å². The molecule has 6 heteroatoms. The van der Waals surface area contributed by atoms with Crippen molar-refractivity contribution in [3.8, 4) is 5.75 Å². The summed E-state index contributed by atoms with van der Waals surface area (Å²) in [5.74, 6) is 1.07. The molecule has 1 saturated heterocycles. The molecule has 112 valence electrons. The number of nitrogens with zero attached hydrogens (tertiary/aromatic N) is 1. The fourth-order valence-electron chi connectivity index (χ4n) is 2.28. The van der Waals surface area contributed by atoms with E-state index in [-0.39, 0.29) is 4.90 Å². The SMILES string of the molecule is CN(C)S(=O)(=O)c1ccccc1OCCC1CCNC1. The summed E-state index contributed by atoms with van der Waals surface area (Å²) in [6.45, 7) is 2.64. The van der Waals surface area contributed by atoms with Crippen molar-refractivity contribution in [2.75, 3.05) is 33.8 Å². The van der Waals surface area contributed by atoms with Gasteiger partial charge in [0.15, 0.2) is 0 Å². The van der Waals surface area contributed by atoms with E-state index < -0.39 is 10.0 Å². The Kier molecular flexibility index (Phi) is 5.01. The summed E-state index contributed by atoms with van der Waals surface area (Å²) in [6.07, 6.45) is 2.12. The van der Waals surface area contributed by atoms with Crippen molar-refractivity contribution in [3.63, 3.8) is 0 Å². The van der Waals surface area contributed by atoms with Gasteiger partial charge in [0, 0.05) is 14.1 Å². The average molecular weight is 298 g/mol. The molecule has 0 spiro atoms. The normalized spacial score (nSPS) is 19.4. The van der Waals surface area contributed by atoms with Crippen LogP contribution in [0.15, 0.2) is 29.2 Å². The van der Waals surface area contributed by atoms with Crippen molar-refractivity contribution in [3.05, 3.63) is 24.3 Å². The maximum absolute atomic E-state index is 12.2. The number of nitrogens with one attached hydrogen (secondary N) is 1. The van der Waals surface area contributed by atoms with E-state index in [1.807, 2.05) is 0 Å². The molecule has 2 rings (SSSR count). The molecular formula is C14H22N2O3S. The van der Waals surface area contributed by atoms with Crippen LogP contribution in [0.3, 0.4) is 0 Å². The van der Waals surface area contributed by atoms with E-state index in [4.69, 9.17) is 4.74 Å². The van der Waals surface area contributed by atoms with Crippen molar-refractivity contribution in [2.24, 2.45) is 5.92 Å². The van der Waals surface area contributed by atoms with Crippen LogP contribution in [-0.4, -0.2) is 46.5 Å². The quantitative estimate of drug-likeness (QED) is 0.860. The smallest absolute Gasteiger partial charge is 0.246 e. The van der Waals surface area contributed by atoms with Crippen LogP contribution in [0.25, 0.3) is 0 Å². The van der Waals surface area contributed by atoms with Crippen LogP contribution >= 0.6 is 0 Å². The van der Waals surface area contributed by atoms with Gasteiger partial charge in [0.2, 0.25) is 10.0 Å². The summed E-state index contributed by atoms with van der Waals surface area (Å²) in [4.78, 5) is 0.231. The summed E-state index contributed by atoms with van der Waals surface area (Å²) in [5.41, 5.74) is 0. The molecule has 1 heterocycles. The van der Waals surface area contributed by atoms with Crippen LogP contribution < -0.4 is 10.1 Å². The highest BCUT2D eigenvalue weighted by molar-refractivity contribution is 7.89. The van der Waals surface area contributed by atoms with Crippen LogP contribution in [-0.2, 0) is 10.0 Å². The van der Waals surface area contributed by atoms with E-state index >= 15 is 0 Å². The van der Waals surface area contributed by atoms with Gasteiger partial charge >= 0.3 is 0 Å². The lowest BCUT2D eigenvalue weighted by atomic mass is 10.1. The molecule has 0 aliphatic carbocycles. The van der Waals surface area contributed by atoms with E-state index in [2.05, 4.69) is 5.32 Å². The number of para-hydroxylation sites is 1. The summed E-state index contributed by atoms with van der Waals surface area (Å²) in [6, 6.07) is 6.80. The van der Waals surface area contributed by atoms with Crippen molar-refractivity contribution in [2.45, 2.75) is 17.7 Å². The highest BCUT2D eigenvalue weighted by Gasteiger charge is 2.22. The maximum atomic E-state index is 12.2. The van der Waals surface area contributed by atoms with Gasteiger partial charge in [0.1, 0.15) is 10.6 Å². The Morgan fingerprint density at radius 2 is 2.10 bits per heavy atom. The molecule has 5 nitrogen and oxygen atoms in total. The van der Waals surface area contributed by atoms with Crippen molar-refractivity contribution in [1.82, 2.24) is 9.62 Å². The molecule has 1 aromatic carbocycles. The van der Waals surface area contributed by atoms with E-state index in [1.165, 1.54) is 24.8 Å². The Hall–Kier alpha value is -1.11. The predicted octanol–water partition coefficient (Wildman–Crippen LogP) is 1.32. The van der Waals surface area contributed by atoms with E-state index in [1.54, 1.807) is 24.3 Å². The predicted molar refractivity (Wildman–Crippen MR) is 78.4 cm³/mol. The van der Waals surface area contributed by atoms with E-state index in [0.29, 0.717) is 18.3 Å². The fourth-order valence-corrected chi connectivity index (χ4v) is 3.30. The number of hydrogen-bond acceptors (Lipinski definition) is 4. The number of benzene rings is 1. The topological polar surface area (TPSA) is 58.6 Å². The number of hydrogen-bond donors (Lipinski definition) is 1. The molecule has 0 amide bonds. The first-order valence-corrected chi connectivity index (χ1v) is 8.31. The zero-order valence-corrected chi connectivity index (χ0v) is 12.8. The van der Waals surface area contributed by atoms with Gasteiger partial charge in [-0.15, -0.1) is 0 Å². The first-order chi connectivity index (χ1) is 9.51. The third kappa shape index (κ3) is 3.50. The minimum atomic E-state index is -3.46. The zero-order chi connectivity index (χ0) is 14.6. The third-order valence-corrected chi connectivity index (χ3v) is 5.41. The van der Waals surface area contributed by atoms with Gasteiger partial charge in [0.25, 0.3) is 0 Å². The van der Waals surface area contributed by atoms with E-state index in [9.17, 15) is 8.42 Å². The fraction of sp³-hybridized carbons (Fsp3) is 0.571. The molecule has 1 fully saturated rings. The Morgan fingerprint density at radius 1 is 1.35 bits per heavy atom. The first kappa shape index (κ1) is 15.3. The average Bonchev–Trinajstić information content (AvgIpc) is 2.92. The Morgan fingerprint density at radius 3 is 2.75 bits per heavy atom. The van der Waals surface area contributed by atoms with Crippen molar-refractivity contribution < 1.29 is 13.2 Å². The highest BCUT2D eigenvalue weighted by atomic mass is 32.2. The van der Waals surface area contributed by atoms with Gasteiger partial charge < -0.3 is 10.1 Å². The second kappa shape index (κ2) is 6.56. The molecule has 20 heavy (non-hydrogen) atoms. The lowest BCUT2D eigenvalue weighted by molar-refractivity contribution is 0.277. The molecule has 1 atom stereocenters. The standard InChI is InChI=1S/C14H22N2O3S/c1-16(2)20(17,18)14-6-4-3-5-13(14)19-10-8-12-7-9-15-11-12/h3-6,12,15H,7-11H2,1-2H3.